The molecule has 0 aliphatic carbocycles. The van der Waals surface area contributed by atoms with Crippen LogP contribution in [0, 0.1) is 0 Å². The first-order valence-electron chi connectivity index (χ1n) is 7.99. The number of benzene rings is 1. The highest BCUT2D eigenvalue weighted by molar-refractivity contribution is 6.21. The van der Waals surface area contributed by atoms with Gasteiger partial charge in [-0.25, -0.2) is 19.4 Å². The van der Waals surface area contributed by atoms with Crippen LogP contribution >= 0.6 is 0 Å². The number of aromatic amines is 1. The molecular formula is C17H13N3O9. The van der Waals surface area contributed by atoms with Gasteiger partial charge in [0.15, 0.2) is 0 Å². The van der Waals surface area contributed by atoms with E-state index in [-0.39, 0.29) is 40.5 Å². The number of aromatic hydroxyl groups is 1. The molecule has 12 heteroatoms. The van der Waals surface area contributed by atoms with E-state index in [1.54, 1.807) is 0 Å². The monoisotopic (exact) mass is 403 g/mol. The smallest absolute Gasteiger partial charge is 0.354 e. The SMILES string of the molecule is O=C(O)CCNc1c(O)c2cc(C(=O)O)nc2c2c(C(=O)O)cc(C(=O)O)[nH]c12. The van der Waals surface area contributed by atoms with Gasteiger partial charge in [0.05, 0.1) is 23.0 Å². The van der Waals surface area contributed by atoms with Crippen LogP contribution in [0.3, 0.4) is 0 Å². The van der Waals surface area contributed by atoms with E-state index in [9.17, 15) is 39.6 Å². The predicted octanol–water partition coefficient (Wildman–Crippen LogP) is 1.40. The summed E-state index contributed by atoms with van der Waals surface area (Å²) in [5.41, 5.74) is -1.98. The first-order chi connectivity index (χ1) is 13.6. The fourth-order valence-corrected chi connectivity index (χ4v) is 2.92. The van der Waals surface area contributed by atoms with Gasteiger partial charge in [0.1, 0.15) is 22.8 Å². The molecule has 0 aliphatic heterocycles. The molecule has 150 valence electrons. The Hall–Kier alpha value is -4.35. The Morgan fingerprint density at radius 1 is 1.00 bits per heavy atom. The number of hydrogen-bond acceptors (Lipinski definition) is 7. The predicted molar refractivity (Wildman–Crippen MR) is 96.9 cm³/mol. The van der Waals surface area contributed by atoms with Crippen LogP contribution in [0.1, 0.15) is 37.8 Å². The number of aromatic nitrogens is 2. The number of hydrogen-bond donors (Lipinski definition) is 7. The number of phenols is 1. The average molecular weight is 403 g/mol. The van der Waals surface area contributed by atoms with Crippen LogP contribution in [0.2, 0.25) is 0 Å². The Labute approximate surface area is 160 Å². The minimum absolute atomic E-state index is 0.0910. The fourth-order valence-electron chi connectivity index (χ4n) is 2.92. The molecular weight excluding hydrogens is 390 g/mol. The van der Waals surface area contributed by atoms with E-state index in [0.29, 0.717) is 0 Å². The number of nitrogens with zero attached hydrogens (tertiary/aromatic N) is 1. The highest BCUT2D eigenvalue weighted by Gasteiger charge is 2.25. The van der Waals surface area contributed by atoms with Crippen LogP contribution < -0.4 is 5.32 Å². The van der Waals surface area contributed by atoms with Gasteiger partial charge in [0.25, 0.3) is 0 Å². The standard InChI is InChI=1S/C17H13N3O9/c21-9(22)1-2-18-13-12-10(5(15(24)25)3-7(20-12)16(26)27)11-6(14(13)23)4-8(19-11)17(28)29/h3-4,18,20,23H,1-2H2,(H,21,22)(H,24,25)(H,26,27)(H,28,29). The fraction of sp³-hybridized carbons (Fsp3) is 0.118. The lowest BCUT2D eigenvalue weighted by molar-refractivity contribution is -0.136. The molecule has 0 spiro atoms. The summed E-state index contributed by atoms with van der Waals surface area (Å²) in [6, 6.07) is 1.88. The zero-order valence-corrected chi connectivity index (χ0v) is 14.4. The van der Waals surface area contributed by atoms with Crippen LogP contribution in [0.4, 0.5) is 5.69 Å². The summed E-state index contributed by atoms with van der Waals surface area (Å²) >= 11 is 0. The Kier molecular flexibility index (Phi) is 4.68. The molecule has 0 saturated carbocycles. The largest absolute Gasteiger partial charge is 0.505 e. The lowest BCUT2D eigenvalue weighted by Gasteiger charge is -2.15. The highest BCUT2D eigenvalue weighted by atomic mass is 16.4. The van der Waals surface area contributed by atoms with E-state index in [2.05, 4.69) is 15.3 Å². The third-order valence-electron chi connectivity index (χ3n) is 4.14. The molecule has 0 amide bonds. The van der Waals surface area contributed by atoms with Gasteiger partial charge in [-0.1, -0.05) is 0 Å². The van der Waals surface area contributed by atoms with Crippen molar-refractivity contribution >= 4 is 51.4 Å². The Morgan fingerprint density at radius 2 is 1.69 bits per heavy atom. The molecule has 29 heavy (non-hydrogen) atoms. The summed E-state index contributed by atoms with van der Waals surface area (Å²) < 4.78 is 0. The molecule has 0 aliphatic rings. The number of phenolic OH excluding ortho intramolecular Hbond substituents is 1. The molecule has 0 bridgehead atoms. The normalized spacial score (nSPS) is 10.9. The van der Waals surface area contributed by atoms with E-state index in [4.69, 9.17) is 5.11 Å². The number of anilines is 1. The summed E-state index contributed by atoms with van der Waals surface area (Å²) in [6.45, 7) is -0.184. The number of aliphatic carboxylic acids is 1. The number of aromatic carboxylic acids is 3. The van der Waals surface area contributed by atoms with E-state index < -0.39 is 46.6 Å². The van der Waals surface area contributed by atoms with Gasteiger partial charge < -0.3 is 35.8 Å². The van der Waals surface area contributed by atoms with Crippen LogP contribution in [0.25, 0.3) is 21.8 Å². The summed E-state index contributed by atoms with van der Waals surface area (Å²) in [7, 11) is 0. The topological polar surface area (TPSA) is 210 Å². The Morgan fingerprint density at radius 3 is 2.24 bits per heavy atom. The van der Waals surface area contributed by atoms with E-state index >= 15 is 0 Å². The first-order valence-corrected chi connectivity index (χ1v) is 7.99. The van der Waals surface area contributed by atoms with Crippen LogP contribution in [0.15, 0.2) is 12.1 Å². The average Bonchev–Trinajstić information content (AvgIpc) is 3.09. The van der Waals surface area contributed by atoms with Crippen molar-refractivity contribution in [3.8, 4) is 5.75 Å². The number of carboxylic acid groups (broad SMARTS) is 4. The van der Waals surface area contributed by atoms with E-state index in [1.807, 2.05) is 0 Å². The lowest BCUT2D eigenvalue weighted by atomic mass is 10.0. The van der Waals surface area contributed by atoms with Crippen molar-refractivity contribution in [3.05, 3.63) is 29.1 Å². The Balaban J connectivity index is 2.46. The van der Waals surface area contributed by atoms with Crippen molar-refractivity contribution in [1.82, 2.24) is 9.97 Å². The lowest BCUT2D eigenvalue weighted by Crippen LogP contribution is -2.11. The van der Waals surface area contributed by atoms with Crippen LogP contribution in [-0.2, 0) is 4.79 Å². The van der Waals surface area contributed by atoms with Gasteiger partial charge in [-0.2, -0.15) is 0 Å². The van der Waals surface area contributed by atoms with E-state index in [0.717, 1.165) is 12.1 Å². The molecule has 3 aromatic rings. The Bertz CT molecular complexity index is 1210. The summed E-state index contributed by atoms with van der Waals surface area (Å²) in [5.74, 6) is -6.08. The van der Waals surface area contributed by atoms with Crippen molar-refractivity contribution in [3.63, 3.8) is 0 Å². The number of nitrogens with one attached hydrogen (secondary N) is 2. The minimum atomic E-state index is -1.50. The number of carboxylic acids is 4. The van der Waals surface area contributed by atoms with Crippen LogP contribution in [-0.4, -0.2) is 65.9 Å². The number of fused-ring (bicyclic) bond motifs is 3. The van der Waals surface area contributed by atoms with Gasteiger partial charge >= 0.3 is 23.9 Å². The second-order valence-electron chi connectivity index (χ2n) is 5.96. The summed E-state index contributed by atoms with van der Waals surface area (Å²) in [6.07, 6.45) is -0.358. The van der Waals surface area contributed by atoms with Crippen LogP contribution in [0.5, 0.6) is 5.75 Å². The maximum atomic E-state index is 11.8. The molecule has 0 radical (unpaired) electrons. The summed E-state index contributed by atoms with van der Waals surface area (Å²) in [4.78, 5) is 51.6. The van der Waals surface area contributed by atoms with Gasteiger partial charge in [0, 0.05) is 17.3 Å². The third kappa shape index (κ3) is 3.34. The minimum Gasteiger partial charge on any atom is -0.505 e. The molecule has 0 saturated heterocycles. The highest BCUT2D eigenvalue weighted by Crippen LogP contribution is 2.42. The molecule has 7 N–H and O–H groups in total. The number of carbonyl (C=O) groups is 4. The zero-order chi connectivity index (χ0) is 21.5. The number of pyridine rings is 1. The third-order valence-corrected chi connectivity index (χ3v) is 4.14. The van der Waals surface area contributed by atoms with Crippen molar-refractivity contribution in [1.29, 1.82) is 0 Å². The number of rotatable bonds is 7. The van der Waals surface area contributed by atoms with Gasteiger partial charge in [-0.15, -0.1) is 0 Å². The summed E-state index contributed by atoms with van der Waals surface area (Å²) in [5, 5.41) is 49.8. The van der Waals surface area contributed by atoms with Gasteiger partial charge in [0.2, 0.25) is 0 Å². The first kappa shape index (κ1) is 19.4. The molecule has 2 aromatic heterocycles. The second kappa shape index (κ2) is 6.99. The van der Waals surface area contributed by atoms with Gasteiger partial charge in [-0.3, -0.25) is 4.79 Å². The molecule has 0 atom stereocenters. The van der Waals surface area contributed by atoms with Crippen molar-refractivity contribution in [2.45, 2.75) is 6.42 Å². The molecule has 12 nitrogen and oxygen atoms in total. The molecule has 0 fully saturated rings. The maximum absolute atomic E-state index is 11.8. The molecule has 2 heterocycles. The molecule has 1 aromatic carbocycles. The van der Waals surface area contributed by atoms with Crippen molar-refractivity contribution in [2.75, 3.05) is 11.9 Å². The number of H-pyrrole nitrogens is 1. The van der Waals surface area contributed by atoms with Crippen molar-refractivity contribution in [2.24, 2.45) is 0 Å². The maximum Gasteiger partial charge on any atom is 0.354 e. The van der Waals surface area contributed by atoms with E-state index in [1.165, 1.54) is 0 Å². The van der Waals surface area contributed by atoms with Crippen molar-refractivity contribution < 1.29 is 44.7 Å². The molecule has 0 unspecified atom stereocenters. The van der Waals surface area contributed by atoms with Gasteiger partial charge in [-0.05, 0) is 12.1 Å². The zero-order valence-electron chi connectivity index (χ0n) is 14.4. The second-order valence-corrected chi connectivity index (χ2v) is 5.96. The molecule has 3 rings (SSSR count). The quantitative estimate of drug-likeness (QED) is 0.280.